The summed E-state index contributed by atoms with van der Waals surface area (Å²) in [6.45, 7) is 0.166. The number of hydrogen-bond acceptors (Lipinski definition) is 4. The zero-order valence-corrected chi connectivity index (χ0v) is 12.0. The topological polar surface area (TPSA) is 74.2 Å². The summed E-state index contributed by atoms with van der Waals surface area (Å²) in [6, 6.07) is 9.33. The fourth-order valence-corrected chi connectivity index (χ4v) is 2.08. The van der Waals surface area contributed by atoms with Crippen molar-refractivity contribution in [2.45, 2.75) is 12.8 Å². The van der Waals surface area contributed by atoms with Crippen LogP contribution in [-0.4, -0.2) is 29.7 Å². The van der Waals surface area contributed by atoms with Crippen LogP contribution in [0, 0.1) is 0 Å². The highest BCUT2D eigenvalue weighted by molar-refractivity contribution is 6.07. The van der Waals surface area contributed by atoms with Gasteiger partial charge in [-0.05, 0) is 36.6 Å². The minimum Gasteiger partial charge on any atom is -0.396 e. The Labute approximate surface area is 124 Å². The van der Waals surface area contributed by atoms with Crippen LogP contribution in [0.25, 0.3) is 0 Å². The smallest absolute Gasteiger partial charge is 0.257 e. The first-order valence-corrected chi connectivity index (χ1v) is 6.87. The quantitative estimate of drug-likeness (QED) is 0.761. The SMILES string of the molecule is CNc1cnccc1C(=O)Nc1cccc(CCCO)c1. The zero-order chi connectivity index (χ0) is 15.1. The van der Waals surface area contributed by atoms with Gasteiger partial charge in [-0.2, -0.15) is 0 Å². The number of aliphatic hydroxyl groups is 1. The van der Waals surface area contributed by atoms with Crippen molar-refractivity contribution in [1.82, 2.24) is 4.98 Å². The van der Waals surface area contributed by atoms with E-state index in [1.807, 2.05) is 24.3 Å². The third-order valence-corrected chi connectivity index (χ3v) is 3.14. The van der Waals surface area contributed by atoms with Crippen LogP contribution in [0.1, 0.15) is 22.3 Å². The fraction of sp³-hybridized carbons (Fsp3) is 0.250. The summed E-state index contributed by atoms with van der Waals surface area (Å²) in [6.07, 6.45) is 4.71. The van der Waals surface area contributed by atoms with E-state index in [4.69, 9.17) is 5.11 Å². The van der Waals surface area contributed by atoms with Crippen LogP contribution in [0.5, 0.6) is 0 Å². The van der Waals surface area contributed by atoms with Crippen molar-refractivity contribution in [3.05, 3.63) is 53.9 Å². The average molecular weight is 285 g/mol. The molecule has 2 aromatic rings. The first-order chi connectivity index (χ1) is 10.2. The van der Waals surface area contributed by atoms with Gasteiger partial charge in [0.2, 0.25) is 0 Å². The highest BCUT2D eigenvalue weighted by Gasteiger charge is 2.10. The van der Waals surface area contributed by atoms with E-state index in [1.165, 1.54) is 0 Å². The van der Waals surface area contributed by atoms with Crippen LogP contribution in [-0.2, 0) is 6.42 Å². The Morgan fingerprint density at radius 1 is 1.33 bits per heavy atom. The first-order valence-electron chi connectivity index (χ1n) is 6.87. The van der Waals surface area contributed by atoms with E-state index in [-0.39, 0.29) is 12.5 Å². The lowest BCUT2D eigenvalue weighted by Crippen LogP contribution is -2.14. The standard InChI is InChI=1S/C16H19N3O2/c1-17-15-11-18-8-7-14(15)16(21)19-13-6-2-4-12(10-13)5-3-9-20/h2,4,6-8,10-11,17,20H,3,5,9H2,1H3,(H,19,21). The summed E-state index contributed by atoms with van der Waals surface area (Å²) in [5.74, 6) is -0.180. The molecule has 0 radical (unpaired) electrons. The number of aromatic nitrogens is 1. The van der Waals surface area contributed by atoms with E-state index in [0.29, 0.717) is 17.7 Å². The molecule has 0 atom stereocenters. The molecule has 0 aliphatic carbocycles. The number of hydrogen-bond donors (Lipinski definition) is 3. The van der Waals surface area contributed by atoms with Gasteiger partial charge in [-0.3, -0.25) is 9.78 Å². The van der Waals surface area contributed by atoms with Gasteiger partial charge in [0.25, 0.3) is 5.91 Å². The van der Waals surface area contributed by atoms with Gasteiger partial charge in [0.1, 0.15) is 0 Å². The number of benzene rings is 1. The van der Waals surface area contributed by atoms with Gasteiger partial charge in [0, 0.05) is 25.5 Å². The van der Waals surface area contributed by atoms with Crippen molar-refractivity contribution in [3.8, 4) is 0 Å². The van der Waals surface area contributed by atoms with Crippen molar-refractivity contribution in [2.75, 3.05) is 24.3 Å². The number of aryl methyl sites for hydroxylation is 1. The Morgan fingerprint density at radius 2 is 2.19 bits per heavy atom. The van der Waals surface area contributed by atoms with Crippen molar-refractivity contribution >= 4 is 17.3 Å². The number of carbonyl (C=O) groups excluding carboxylic acids is 1. The Kier molecular flexibility index (Phi) is 5.29. The van der Waals surface area contributed by atoms with Gasteiger partial charge in [0.05, 0.1) is 17.4 Å². The summed E-state index contributed by atoms with van der Waals surface area (Å²) in [7, 11) is 1.75. The zero-order valence-electron chi connectivity index (χ0n) is 12.0. The number of rotatable bonds is 6. The second-order valence-electron chi connectivity index (χ2n) is 4.65. The Bertz CT molecular complexity index is 614. The molecule has 0 aliphatic heterocycles. The van der Waals surface area contributed by atoms with Gasteiger partial charge < -0.3 is 15.7 Å². The molecule has 0 unspecified atom stereocenters. The largest absolute Gasteiger partial charge is 0.396 e. The Balaban J connectivity index is 2.12. The van der Waals surface area contributed by atoms with Crippen molar-refractivity contribution in [3.63, 3.8) is 0 Å². The average Bonchev–Trinajstić information content (AvgIpc) is 2.53. The second kappa shape index (κ2) is 7.40. The molecule has 5 heteroatoms. The molecule has 0 saturated heterocycles. The molecule has 0 bridgehead atoms. The molecule has 2 rings (SSSR count). The molecule has 1 amide bonds. The van der Waals surface area contributed by atoms with Crippen molar-refractivity contribution in [1.29, 1.82) is 0 Å². The molecule has 21 heavy (non-hydrogen) atoms. The van der Waals surface area contributed by atoms with E-state index < -0.39 is 0 Å². The lowest BCUT2D eigenvalue weighted by molar-refractivity contribution is 0.102. The van der Waals surface area contributed by atoms with Crippen LogP contribution in [0.3, 0.4) is 0 Å². The number of nitrogens with zero attached hydrogens (tertiary/aromatic N) is 1. The highest BCUT2D eigenvalue weighted by atomic mass is 16.2. The minimum absolute atomic E-state index is 0.166. The van der Waals surface area contributed by atoms with Crippen molar-refractivity contribution < 1.29 is 9.90 Å². The predicted octanol–water partition coefficient (Wildman–Crippen LogP) is 2.30. The van der Waals surface area contributed by atoms with E-state index in [9.17, 15) is 4.79 Å². The number of anilines is 2. The first kappa shape index (κ1) is 15.0. The predicted molar refractivity (Wildman–Crippen MR) is 83.6 cm³/mol. The molecule has 1 heterocycles. The van der Waals surface area contributed by atoms with Crippen LogP contribution in [0.15, 0.2) is 42.7 Å². The number of pyridine rings is 1. The fourth-order valence-electron chi connectivity index (χ4n) is 2.08. The Morgan fingerprint density at radius 3 is 2.95 bits per heavy atom. The van der Waals surface area contributed by atoms with Crippen LogP contribution < -0.4 is 10.6 Å². The number of carbonyl (C=O) groups is 1. The lowest BCUT2D eigenvalue weighted by Gasteiger charge is -2.10. The Hall–Kier alpha value is -2.40. The summed E-state index contributed by atoms with van der Waals surface area (Å²) < 4.78 is 0. The summed E-state index contributed by atoms with van der Waals surface area (Å²) in [4.78, 5) is 16.3. The third kappa shape index (κ3) is 4.03. The molecule has 0 spiro atoms. The van der Waals surface area contributed by atoms with E-state index in [2.05, 4.69) is 15.6 Å². The maximum absolute atomic E-state index is 12.3. The molecule has 3 N–H and O–H groups in total. The van der Waals surface area contributed by atoms with Crippen LogP contribution in [0.2, 0.25) is 0 Å². The molecule has 0 aliphatic rings. The van der Waals surface area contributed by atoms with Gasteiger partial charge >= 0.3 is 0 Å². The molecular formula is C16H19N3O2. The molecule has 110 valence electrons. The minimum atomic E-state index is -0.180. The molecule has 0 fully saturated rings. The molecule has 1 aromatic heterocycles. The maximum Gasteiger partial charge on any atom is 0.257 e. The van der Waals surface area contributed by atoms with Gasteiger partial charge in [-0.25, -0.2) is 0 Å². The van der Waals surface area contributed by atoms with Gasteiger partial charge in [0.15, 0.2) is 0 Å². The summed E-state index contributed by atoms with van der Waals surface area (Å²) >= 11 is 0. The van der Waals surface area contributed by atoms with E-state index >= 15 is 0 Å². The maximum atomic E-state index is 12.3. The third-order valence-electron chi connectivity index (χ3n) is 3.14. The monoisotopic (exact) mass is 285 g/mol. The number of nitrogens with one attached hydrogen (secondary N) is 2. The van der Waals surface area contributed by atoms with Gasteiger partial charge in [-0.1, -0.05) is 12.1 Å². The summed E-state index contributed by atoms with van der Waals surface area (Å²) in [5.41, 5.74) is 3.07. The molecule has 0 saturated carbocycles. The van der Waals surface area contributed by atoms with Gasteiger partial charge in [-0.15, -0.1) is 0 Å². The van der Waals surface area contributed by atoms with Crippen molar-refractivity contribution in [2.24, 2.45) is 0 Å². The molecule has 5 nitrogen and oxygen atoms in total. The number of aliphatic hydroxyl groups excluding tert-OH is 1. The van der Waals surface area contributed by atoms with E-state index in [1.54, 1.807) is 25.5 Å². The highest BCUT2D eigenvalue weighted by Crippen LogP contribution is 2.17. The summed E-state index contributed by atoms with van der Waals surface area (Å²) in [5, 5.41) is 14.7. The molecule has 1 aromatic carbocycles. The van der Waals surface area contributed by atoms with Crippen LogP contribution in [0.4, 0.5) is 11.4 Å². The molecular weight excluding hydrogens is 266 g/mol. The van der Waals surface area contributed by atoms with Crippen LogP contribution >= 0.6 is 0 Å². The van der Waals surface area contributed by atoms with E-state index in [0.717, 1.165) is 17.7 Å². The second-order valence-corrected chi connectivity index (χ2v) is 4.65. The lowest BCUT2D eigenvalue weighted by atomic mass is 10.1. The normalized spacial score (nSPS) is 10.2. The number of amides is 1.